The summed E-state index contributed by atoms with van der Waals surface area (Å²) in [5.74, 6) is 0.911. The van der Waals surface area contributed by atoms with Crippen molar-refractivity contribution >= 4 is 27.8 Å². The van der Waals surface area contributed by atoms with E-state index >= 15 is 0 Å². The summed E-state index contributed by atoms with van der Waals surface area (Å²) in [6.45, 7) is 0. The molecule has 0 bridgehead atoms. The van der Waals surface area contributed by atoms with E-state index < -0.39 is 15.9 Å². The molecule has 0 saturated heterocycles. The van der Waals surface area contributed by atoms with Gasteiger partial charge < -0.3 is 14.2 Å². The fourth-order valence-corrected chi connectivity index (χ4v) is 4.33. The summed E-state index contributed by atoms with van der Waals surface area (Å²) in [6.07, 6.45) is 1.44. The van der Waals surface area contributed by atoms with E-state index in [2.05, 4.69) is 10.5 Å². The van der Waals surface area contributed by atoms with Gasteiger partial charge in [-0.15, -0.1) is 0 Å². The normalized spacial score (nSPS) is 11.2. The Hall–Kier alpha value is -4.05. The summed E-state index contributed by atoms with van der Waals surface area (Å²) in [5.41, 5.74) is 3.80. The molecule has 3 rings (SSSR count). The molecule has 34 heavy (non-hydrogen) atoms. The molecule has 0 aliphatic heterocycles. The van der Waals surface area contributed by atoms with Crippen LogP contribution < -0.4 is 23.9 Å². The number of nitrogens with zero attached hydrogens (tertiary/aromatic N) is 2. The van der Waals surface area contributed by atoms with Gasteiger partial charge in [-0.1, -0.05) is 18.2 Å². The van der Waals surface area contributed by atoms with Gasteiger partial charge in [0.15, 0.2) is 11.5 Å². The zero-order chi connectivity index (χ0) is 24.7. The van der Waals surface area contributed by atoms with Gasteiger partial charge in [-0.2, -0.15) is 5.10 Å². The second-order valence-electron chi connectivity index (χ2n) is 6.99. The summed E-state index contributed by atoms with van der Waals surface area (Å²) >= 11 is 0. The standard InChI is InChI=1S/C24H25N3O6S/c1-27(34(29,30)20-8-6-5-7-9-20)19-12-10-18(11-13-19)24(28)26-25-16-17-14-21(31-2)23(33-4)22(15-17)32-3/h5-16H,1-4H3,(H,26,28)/b25-16-. The first-order valence-electron chi connectivity index (χ1n) is 10.1. The molecule has 0 aromatic heterocycles. The first kappa shape index (κ1) is 24.6. The quantitative estimate of drug-likeness (QED) is 0.370. The minimum atomic E-state index is -3.71. The van der Waals surface area contributed by atoms with Crippen LogP contribution in [0.1, 0.15) is 15.9 Å². The highest BCUT2D eigenvalue weighted by molar-refractivity contribution is 7.92. The molecule has 10 heteroatoms. The van der Waals surface area contributed by atoms with Crippen LogP contribution in [0.25, 0.3) is 0 Å². The van der Waals surface area contributed by atoms with Crippen LogP contribution in [0.4, 0.5) is 5.69 Å². The van der Waals surface area contributed by atoms with Crippen molar-refractivity contribution in [2.24, 2.45) is 5.10 Å². The fraction of sp³-hybridized carbons (Fsp3) is 0.167. The van der Waals surface area contributed by atoms with Crippen molar-refractivity contribution in [2.45, 2.75) is 4.90 Å². The van der Waals surface area contributed by atoms with Gasteiger partial charge >= 0.3 is 0 Å². The molecule has 3 aromatic rings. The summed E-state index contributed by atoms with van der Waals surface area (Å²) in [4.78, 5) is 12.6. The molecule has 0 radical (unpaired) electrons. The minimum Gasteiger partial charge on any atom is -0.493 e. The number of hydrogen-bond donors (Lipinski definition) is 1. The number of carbonyl (C=O) groups is 1. The van der Waals surface area contributed by atoms with Gasteiger partial charge in [0.25, 0.3) is 15.9 Å². The second-order valence-corrected chi connectivity index (χ2v) is 8.96. The lowest BCUT2D eigenvalue weighted by Gasteiger charge is -2.19. The lowest BCUT2D eigenvalue weighted by molar-refractivity contribution is 0.0955. The maximum absolute atomic E-state index is 12.8. The number of carbonyl (C=O) groups excluding carboxylic acids is 1. The van der Waals surface area contributed by atoms with Crippen molar-refractivity contribution in [1.29, 1.82) is 0 Å². The molecular formula is C24H25N3O6S. The van der Waals surface area contributed by atoms with E-state index in [9.17, 15) is 13.2 Å². The van der Waals surface area contributed by atoms with Crippen molar-refractivity contribution in [3.63, 3.8) is 0 Å². The van der Waals surface area contributed by atoms with E-state index in [1.54, 1.807) is 42.5 Å². The predicted molar refractivity (Wildman–Crippen MR) is 130 cm³/mol. The monoisotopic (exact) mass is 483 g/mol. The molecule has 0 unspecified atom stereocenters. The third-order valence-corrected chi connectivity index (χ3v) is 6.76. The number of hydrogen-bond acceptors (Lipinski definition) is 7. The smallest absolute Gasteiger partial charge is 0.271 e. The predicted octanol–water partition coefficient (Wildman–Crippen LogP) is 3.30. The van der Waals surface area contributed by atoms with Gasteiger partial charge in [-0.3, -0.25) is 9.10 Å². The minimum absolute atomic E-state index is 0.181. The number of benzene rings is 3. The molecule has 178 valence electrons. The van der Waals surface area contributed by atoms with E-state index in [0.29, 0.717) is 34.1 Å². The molecule has 0 spiro atoms. The zero-order valence-electron chi connectivity index (χ0n) is 19.2. The van der Waals surface area contributed by atoms with Crippen LogP contribution in [0, 0.1) is 0 Å². The Morgan fingerprint density at radius 3 is 2.03 bits per heavy atom. The Kier molecular flexibility index (Phi) is 7.75. The highest BCUT2D eigenvalue weighted by atomic mass is 32.2. The third-order valence-electron chi connectivity index (χ3n) is 4.96. The number of methoxy groups -OCH3 is 3. The number of anilines is 1. The highest BCUT2D eigenvalue weighted by Gasteiger charge is 2.21. The van der Waals surface area contributed by atoms with Gasteiger partial charge in [0.1, 0.15) is 0 Å². The first-order valence-corrected chi connectivity index (χ1v) is 11.5. The molecule has 0 aliphatic rings. The molecule has 0 fully saturated rings. The van der Waals surface area contributed by atoms with E-state index in [-0.39, 0.29) is 4.90 Å². The first-order chi connectivity index (χ1) is 16.3. The summed E-state index contributed by atoms with van der Waals surface area (Å²) in [6, 6.07) is 17.7. The van der Waals surface area contributed by atoms with Crippen LogP contribution in [-0.4, -0.2) is 48.9 Å². The summed E-state index contributed by atoms with van der Waals surface area (Å²) in [7, 11) is 2.27. The van der Waals surface area contributed by atoms with Crippen molar-refractivity contribution in [1.82, 2.24) is 5.43 Å². The zero-order valence-corrected chi connectivity index (χ0v) is 20.0. The molecule has 9 nitrogen and oxygen atoms in total. The Balaban J connectivity index is 1.70. The van der Waals surface area contributed by atoms with Crippen molar-refractivity contribution in [3.05, 3.63) is 77.9 Å². The van der Waals surface area contributed by atoms with Gasteiger partial charge in [-0.25, -0.2) is 13.8 Å². The van der Waals surface area contributed by atoms with Crippen LogP contribution in [-0.2, 0) is 10.0 Å². The SMILES string of the molecule is COc1cc(/C=N\NC(=O)c2ccc(N(C)S(=O)(=O)c3ccccc3)cc2)cc(OC)c1OC. The Bertz CT molecular complexity index is 1250. The van der Waals surface area contributed by atoms with Gasteiger partial charge in [0, 0.05) is 18.2 Å². The molecule has 1 N–H and O–H groups in total. The number of ether oxygens (including phenoxy) is 3. The lowest BCUT2D eigenvalue weighted by atomic mass is 10.2. The third kappa shape index (κ3) is 5.29. The molecule has 3 aromatic carbocycles. The number of sulfonamides is 1. The Morgan fingerprint density at radius 2 is 1.50 bits per heavy atom. The van der Waals surface area contributed by atoms with E-state index in [0.717, 1.165) is 4.31 Å². The van der Waals surface area contributed by atoms with Crippen LogP contribution >= 0.6 is 0 Å². The molecule has 0 heterocycles. The number of nitrogens with one attached hydrogen (secondary N) is 1. The van der Waals surface area contributed by atoms with E-state index in [4.69, 9.17) is 14.2 Å². The maximum Gasteiger partial charge on any atom is 0.271 e. The number of rotatable bonds is 9. The highest BCUT2D eigenvalue weighted by Crippen LogP contribution is 2.37. The van der Waals surface area contributed by atoms with Gasteiger partial charge in [-0.05, 0) is 48.5 Å². The van der Waals surface area contributed by atoms with Crippen LogP contribution in [0.5, 0.6) is 17.2 Å². The van der Waals surface area contributed by atoms with Crippen LogP contribution in [0.15, 0.2) is 76.7 Å². The van der Waals surface area contributed by atoms with Crippen molar-refractivity contribution in [2.75, 3.05) is 32.7 Å². The molecule has 1 amide bonds. The molecular weight excluding hydrogens is 458 g/mol. The summed E-state index contributed by atoms with van der Waals surface area (Å²) in [5, 5.41) is 3.98. The number of hydrazone groups is 1. The fourth-order valence-electron chi connectivity index (χ4n) is 3.12. The molecule has 0 saturated carbocycles. The molecule has 0 aliphatic carbocycles. The van der Waals surface area contributed by atoms with Crippen molar-refractivity contribution in [3.8, 4) is 17.2 Å². The topological polar surface area (TPSA) is 107 Å². The van der Waals surface area contributed by atoms with Crippen LogP contribution in [0.3, 0.4) is 0 Å². The second kappa shape index (κ2) is 10.7. The Morgan fingerprint density at radius 1 is 0.912 bits per heavy atom. The molecule has 0 atom stereocenters. The Labute approximate surface area is 198 Å². The van der Waals surface area contributed by atoms with Gasteiger partial charge in [0.05, 0.1) is 38.1 Å². The van der Waals surface area contributed by atoms with Crippen molar-refractivity contribution < 1.29 is 27.4 Å². The lowest BCUT2D eigenvalue weighted by Crippen LogP contribution is -2.26. The largest absolute Gasteiger partial charge is 0.493 e. The average molecular weight is 484 g/mol. The van der Waals surface area contributed by atoms with Gasteiger partial charge in [0.2, 0.25) is 5.75 Å². The average Bonchev–Trinajstić information content (AvgIpc) is 2.88. The van der Waals surface area contributed by atoms with Crippen LogP contribution in [0.2, 0.25) is 0 Å². The maximum atomic E-state index is 12.8. The number of amides is 1. The van der Waals surface area contributed by atoms with E-state index in [1.807, 2.05) is 0 Å². The summed E-state index contributed by atoms with van der Waals surface area (Å²) < 4.78 is 42.6. The van der Waals surface area contributed by atoms with E-state index in [1.165, 1.54) is 58.9 Å².